The summed E-state index contributed by atoms with van der Waals surface area (Å²) in [7, 11) is 0. The maximum atomic E-state index is 12.3. The molecule has 0 fully saturated rings. The van der Waals surface area contributed by atoms with Gasteiger partial charge in [0, 0.05) is 23.0 Å². The van der Waals surface area contributed by atoms with E-state index >= 15 is 0 Å². The Morgan fingerprint density at radius 2 is 1.81 bits per heavy atom. The van der Waals surface area contributed by atoms with Crippen LogP contribution in [0, 0.1) is 0 Å². The molecule has 2 rings (SSSR count). The van der Waals surface area contributed by atoms with E-state index < -0.39 is 5.97 Å². The van der Waals surface area contributed by atoms with E-state index in [9.17, 15) is 9.59 Å². The van der Waals surface area contributed by atoms with Gasteiger partial charge in [0.15, 0.2) is 0 Å². The fourth-order valence-corrected chi connectivity index (χ4v) is 2.78. The number of fused-ring (bicyclic) bond motifs is 1. The third-order valence-electron chi connectivity index (χ3n) is 4.13. The molecule has 0 aliphatic rings. The minimum Gasteiger partial charge on any atom is -0.465 e. The van der Waals surface area contributed by atoms with Crippen molar-refractivity contribution in [1.82, 2.24) is 10.3 Å². The number of hydrogen-bond acceptors (Lipinski definition) is 5. The monoisotopic (exact) mass is 360 g/mol. The van der Waals surface area contributed by atoms with E-state index in [0.717, 1.165) is 16.5 Å². The second-order valence-corrected chi connectivity index (χ2v) is 7.12. The van der Waals surface area contributed by atoms with Gasteiger partial charge in [-0.2, -0.15) is 0 Å². The molecule has 6 heteroatoms. The first-order chi connectivity index (χ1) is 12.3. The molecule has 2 aromatic rings. The number of aromatic amines is 1. The molecule has 0 saturated carbocycles. The lowest BCUT2D eigenvalue weighted by molar-refractivity contribution is -0.142. The van der Waals surface area contributed by atoms with Gasteiger partial charge in [0.25, 0.3) is 0 Å². The molecule has 0 unspecified atom stereocenters. The first-order valence-electron chi connectivity index (χ1n) is 8.96. The lowest BCUT2D eigenvalue weighted by atomic mass is 9.86. The van der Waals surface area contributed by atoms with E-state index in [0.29, 0.717) is 25.5 Å². The third-order valence-corrected chi connectivity index (χ3v) is 4.13. The lowest BCUT2D eigenvalue weighted by Crippen LogP contribution is -2.25. The molecule has 0 atom stereocenters. The van der Waals surface area contributed by atoms with Gasteiger partial charge < -0.3 is 19.8 Å². The molecule has 0 spiro atoms. The van der Waals surface area contributed by atoms with E-state index in [4.69, 9.17) is 9.47 Å². The Kier molecular flexibility index (Phi) is 6.42. The first kappa shape index (κ1) is 20.0. The van der Waals surface area contributed by atoms with Gasteiger partial charge in [0.05, 0.1) is 19.8 Å². The third kappa shape index (κ3) is 4.64. The van der Waals surface area contributed by atoms with Crippen molar-refractivity contribution >= 4 is 22.8 Å². The van der Waals surface area contributed by atoms with Gasteiger partial charge in [-0.15, -0.1) is 0 Å². The quantitative estimate of drug-likeness (QED) is 0.741. The zero-order chi connectivity index (χ0) is 19.3. The highest BCUT2D eigenvalue weighted by Crippen LogP contribution is 2.29. The van der Waals surface area contributed by atoms with Crippen LogP contribution in [-0.4, -0.2) is 36.7 Å². The molecule has 0 amide bonds. The molecule has 0 aliphatic carbocycles. The first-order valence-corrected chi connectivity index (χ1v) is 8.96. The van der Waals surface area contributed by atoms with Gasteiger partial charge in [-0.25, -0.2) is 4.79 Å². The number of carbonyl (C=O) groups is 2. The number of H-pyrrole nitrogens is 1. The molecule has 0 radical (unpaired) electrons. The van der Waals surface area contributed by atoms with Crippen molar-refractivity contribution in [2.24, 2.45) is 0 Å². The summed E-state index contributed by atoms with van der Waals surface area (Å²) in [4.78, 5) is 27.1. The van der Waals surface area contributed by atoms with E-state index in [1.165, 1.54) is 5.56 Å². The van der Waals surface area contributed by atoms with Crippen molar-refractivity contribution in [2.45, 2.75) is 46.6 Å². The molecule has 6 nitrogen and oxygen atoms in total. The van der Waals surface area contributed by atoms with Crippen molar-refractivity contribution in [3.05, 3.63) is 35.0 Å². The van der Waals surface area contributed by atoms with Gasteiger partial charge in [-0.05, 0) is 37.0 Å². The fourth-order valence-electron chi connectivity index (χ4n) is 2.78. The summed E-state index contributed by atoms with van der Waals surface area (Å²) >= 11 is 0. The predicted molar refractivity (Wildman–Crippen MR) is 101 cm³/mol. The van der Waals surface area contributed by atoms with E-state index in [1.54, 1.807) is 13.8 Å². The lowest BCUT2D eigenvalue weighted by Gasteiger charge is -2.19. The standard InChI is InChI=1S/C20H28N2O4/c1-6-25-17(23)12-21-11-15-14-10-13(20(3,4)5)8-9-16(14)22-18(15)19(24)26-7-2/h8-10,21-22H,6-7,11-12H2,1-5H3. The second-order valence-electron chi connectivity index (χ2n) is 7.12. The average molecular weight is 360 g/mol. The Morgan fingerprint density at radius 3 is 2.42 bits per heavy atom. The SMILES string of the molecule is CCOC(=O)CNCc1c(C(=O)OCC)[nH]c2ccc(C(C)(C)C)cc12. The Morgan fingerprint density at radius 1 is 1.12 bits per heavy atom. The van der Waals surface area contributed by atoms with Crippen molar-refractivity contribution in [3.8, 4) is 0 Å². The summed E-state index contributed by atoms with van der Waals surface area (Å²) < 4.78 is 10.1. The van der Waals surface area contributed by atoms with Gasteiger partial charge in [-0.1, -0.05) is 26.8 Å². The molecular formula is C20H28N2O4. The van der Waals surface area contributed by atoms with Gasteiger partial charge in [-0.3, -0.25) is 4.79 Å². The van der Waals surface area contributed by atoms with Crippen LogP contribution in [0.4, 0.5) is 0 Å². The highest BCUT2D eigenvalue weighted by atomic mass is 16.5. The molecule has 1 heterocycles. The Balaban J connectivity index is 2.38. The number of carbonyl (C=O) groups excluding carboxylic acids is 2. The number of aromatic nitrogens is 1. The van der Waals surface area contributed by atoms with Crippen LogP contribution < -0.4 is 5.32 Å². The fraction of sp³-hybridized carbons (Fsp3) is 0.500. The largest absolute Gasteiger partial charge is 0.465 e. The van der Waals surface area contributed by atoms with Crippen LogP contribution in [0.2, 0.25) is 0 Å². The Bertz CT molecular complexity index is 787. The van der Waals surface area contributed by atoms with Crippen molar-refractivity contribution in [3.63, 3.8) is 0 Å². The van der Waals surface area contributed by atoms with Gasteiger partial charge >= 0.3 is 11.9 Å². The Labute approximate surface area is 154 Å². The summed E-state index contributed by atoms with van der Waals surface area (Å²) in [6.45, 7) is 11.1. The average Bonchev–Trinajstić information content (AvgIpc) is 2.93. The maximum Gasteiger partial charge on any atom is 0.355 e. The van der Waals surface area contributed by atoms with E-state index in [-0.39, 0.29) is 17.9 Å². The van der Waals surface area contributed by atoms with Crippen molar-refractivity contribution < 1.29 is 19.1 Å². The number of hydrogen-bond donors (Lipinski definition) is 2. The zero-order valence-corrected chi connectivity index (χ0v) is 16.2. The van der Waals surface area contributed by atoms with Gasteiger partial charge in [0.2, 0.25) is 0 Å². The van der Waals surface area contributed by atoms with Crippen LogP contribution in [0.25, 0.3) is 10.9 Å². The molecule has 0 aliphatic heterocycles. The van der Waals surface area contributed by atoms with Crippen LogP contribution in [0.5, 0.6) is 0 Å². The summed E-state index contributed by atoms with van der Waals surface area (Å²) in [6.07, 6.45) is 0. The van der Waals surface area contributed by atoms with Crippen LogP contribution in [0.1, 0.15) is 56.2 Å². The van der Waals surface area contributed by atoms with Crippen LogP contribution in [0.15, 0.2) is 18.2 Å². The van der Waals surface area contributed by atoms with Crippen molar-refractivity contribution in [2.75, 3.05) is 19.8 Å². The smallest absolute Gasteiger partial charge is 0.355 e. The second kappa shape index (κ2) is 8.36. The summed E-state index contributed by atoms with van der Waals surface area (Å²) in [6, 6.07) is 6.13. The number of nitrogens with one attached hydrogen (secondary N) is 2. The number of esters is 2. The molecule has 2 N–H and O–H groups in total. The van der Waals surface area contributed by atoms with E-state index in [2.05, 4.69) is 43.2 Å². The molecular weight excluding hydrogens is 332 g/mol. The number of ether oxygens (including phenoxy) is 2. The number of benzene rings is 1. The molecule has 0 bridgehead atoms. The van der Waals surface area contributed by atoms with Gasteiger partial charge in [0.1, 0.15) is 5.69 Å². The van der Waals surface area contributed by atoms with Crippen molar-refractivity contribution in [1.29, 1.82) is 0 Å². The maximum absolute atomic E-state index is 12.3. The number of rotatable bonds is 7. The van der Waals surface area contributed by atoms with Crippen LogP contribution in [-0.2, 0) is 26.2 Å². The highest BCUT2D eigenvalue weighted by Gasteiger charge is 2.21. The molecule has 1 aromatic carbocycles. The molecule has 26 heavy (non-hydrogen) atoms. The minimum absolute atomic E-state index is 0.00875. The highest BCUT2D eigenvalue weighted by molar-refractivity contribution is 5.98. The summed E-state index contributed by atoms with van der Waals surface area (Å²) in [5.41, 5.74) is 3.25. The zero-order valence-electron chi connectivity index (χ0n) is 16.2. The van der Waals surface area contributed by atoms with Crippen LogP contribution >= 0.6 is 0 Å². The normalized spacial score (nSPS) is 11.6. The summed E-state index contributed by atoms with van der Waals surface area (Å²) in [5, 5.41) is 4.01. The predicted octanol–water partition coefficient (Wildman–Crippen LogP) is 3.29. The van der Waals surface area contributed by atoms with Crippen LogP contribution in [0.3, 0.4) is 0 Å². The minimum atomic E-state index is -0.394. The molecule has 0 saturated heterocycles. The van der Waals surface area contributed by atoms with E-state index in [1.807, 2.05) is 6.07 Å². The molecule has 1 aromatic heterocycles. The topological polar surface area (TPSA) is 80.4 Å². The Hall–Kier alpha value is -2.34. The molecule has 142 valence electrons. The summed E-state index contributed by atoms with van der Waals surface area (Å²) in [5.74, 6) is -0.714.